The van der Waals surface area contributed by atoms with Crippen molar-refractivity contribution in [2.24, 2.45) is 10.9 Å². The molecule has 0 fully saturated rings. The number of halogens is 1. The molecule has 6 heteroatoms. The number of nitrogens with two attached hydrogens (primary N) is 1. The number of hydrogen-bond acceptors (Lipinski definition) is 3. The van der Waals surface area contributed by atoms with Crippen molar-refractivity contribution in [3.05, 3.63) is 71.5 Å². The fourth-order valence-electron chi connectivity index (χ4n) is 1.90. The number of benzene rings is 2. The van der Waals surface area contributed by atoms with E-state index < -0.39 is 5.91 Å². The van der Waals surface area contributed by atoms with Gasteiger partial charge in [0.05, 0.1) is 0 Å². The van der Waals surface area contributed by atoms with Crippen LogP contribution in [0.25, 0.3) is 0 Å². The predicted octanol–water partition coefficient (Wildman–Crippen LogP) is 1.97. The van der Waals surface area contributed by atoms with Gasteiger partial charge in [0.2, 0.25) is 0 Å². The van der Waals surface area contributed by atoms with E-state index in [2.05, 4.69) is 10.5 Å². The van der Waals surface area contributed by atoms with E-state index in [1.54, 1.807) is 18.2 Å². The molecule has 0 aliphatic rings. The Morgan fingerprint density at radius 3 is 2.57 bits per heavy atom. The van der Waals surface area contributed by atoms with Crippen molar-refractivity contribution in [1.29, 1.82) is 0 Å². The molecule has 3 N–H and O–H groups in total. The minimum Gasteiger partial charge on any atom is -0.384 e. The second-order valence-electron chi connectivity index (χ2n) is 4.89. The first-order chi connectivity index (χ1) is 11.1. The standard InChI is InChI=1S/C17H18FN3O2/c18-15-9-5-4-8-14(15)11-20-17(22)12-23-21-16(19)10-13-6-2-1-3-7-13/h1-9H,10-12H2,(H2,19,21)(H,20,22). The number of rotatable bonds is 7. The van der Waals surface area contributed by atoms with Gasteiger partial charge < -0.3 is 15.9 Å². The summed E-state index contributed by atoms with van der Waals surface area (Å²) in [5.41, 5.74) is 7.13. The minimum absolute atomic E-state index is 0.0953. The highest BCUT2D eigenvalue weighted by atomic mass is 19.1. The lowest BCUT2D eigenvalue weighted by Crippen LogP contribution is -2.27. The maximum Gasteiger partial charge on any atom is 0.261 e. The van der Waals surface area contributed by atoms with E-state index in [0.717, 1.165) is 5.56 Å². The first-order valence-corrected chi connectivity index (χ1v) is 7.13. The maximum atomic E-state index is 13.4. The highest BCUT2D eigenvalue weighted by molar-refractivity contribution is 5.82. The van der Waals surface area contributed by atoms with Crippen molar-refractivity contribution in [1.82, 2.24) is 5.32 Å². The monoisotopic (exact) mass is 315 g/mol. The number of hydrogen-bond donors (Lipinski definition) is 2. The second kappa shape index (κ2) is 8.53. The Labute approximate surface area is 133 Å². The number of amidine groups is 1. The third kappa shape index (κ3) is 5.78. The van der Waals surface area contributed by atoms with Gasteiger partial charge in [0.1, 0.15) is 11.7 Å². The topological polar surface area (TPSA) is 76.7 Å². The molecule has 0 heterocycles. The summed E-state index contributed by atoms with van der Waals surface area (Å²) in [5.74, 6) is -0.485. The van der Waals surface area contributed by atoms with E-state index in [1.807, 2.05) is 30.3 Å². The van der Waals surface area contributed by atoms with Gasteiger partial charge in [-0.2, -0.15) is 0 Å². The highest BCUT2D eigenvalue weighted by Crippen LogP contribution is 2.05. The average molecular weight is 315 g/mol. The van der Waals surface area contributed by atoms with Crippen molar-refractivity contribution in [2.75, 3.05) is 6.61 Å². The van der Waals surface area contributed by atoms with Crippen LogP contribution >= 0.6 is 0 Å². The van der Waals surface area contributed by atoms with Crippen LogP contribution in [0.3, 0.4) is 0 Å². The zero-order valence-electron chi connectivity index (χ0n) is 12.5. The summed E-state index contributed by atoms with van der Waals surface area (Å²) in [7, 11) is 0. The Balaban J connectivity index is 1.72. The fraction of sp³-hybridized carbons (Fsp3) is 0.176. The van der Waals surface area contributed by atoms with Crippen LogP contribution in [0, 0.1) is 5.82 Å². The van der Waals surface area contributed by atoms with Crippen molar-refractivity contribution in [3.8, 4) is 0 Å². The van der Waals surface area contributed by atoms with E-state index in [9.17, 15) is 9.18 Å². The Bertz CT molecular complexity index is 675. The molecule has 2 rings (SSSR count). The average Bonchev–Trinajstić information content (AvgIpc) is 2.55. The fourth-order valence-corrected chi connectivity index (χ4v) is 1.90. The molecule has 2 aromatic carbocycles. The highest BCUT2D eigenvalue weighted by Gasteiger charge is 2.05. The zero-order chi connectivity index (χ0) is 16.5. The largest absolute Gasteiger partial charge is 0.384 e. The van der Waals surface area contributed by atoms with Gasteiger partial charge in [-0.15, -0.1) is 0 Å². The van der Waals surface area contributed by atoms with Crippen LogP contribution in [-0.2, 0) is 22.6 Å². The molecule has 0 aliphatic carbocycles. The van der Waals surface area contributed by atoms with E-state index in [0.29, 0.717) is 12.0 Å². The summed E-state index contributed by atoms with van der Waals surface area (Å²) < 4.78 is 13.4. The quantitative estimate of drug-likeness (QED) is 0.466. The molecular weight excluding hydrogens is 297 g/mol. The summed E-state index contributed by atoms with van der Waals surface area (Å²) in [6.45, 7) is -0.179. The number of carbonyl (C=O) groups excluding carboxylic acids is 1. The molecule has 1 amide bonds. The zero-order valence-corrected chi connectivity index (χ0v) is 12.5. The van der Waals surface area contributed by atoms with Crippen LogP contribution in [0.1, 0.15) is 11.1 Å². The van der Waals surface area contributed by atoms with Gasteiger partial charge in [0.25, 0.3) is 5.91 Å². The van der Waals surface area contributed by atoms with Gasteiger partial charge in [0.15, 0.2) is 6.61 Å². The van der Waals surface area contributed by atoms with Crippen LogP contribution in [0.5, 0.6) is 0 Å². The number of nitrogens with zero attached hydrogens (tertiary/aromatic N) is 1. The number of carbonyl (C=O) groups is 1. The first-order valence-electron chi connectivity index (χ1n) is 7.13. The Kier molecular flexibility index (Phi) is 6.11. The molecule has 5 nitrogen and oxygen atoms in total. The molecule has 0 bridgehead atoms. The third-order valence-electron chi connectivity index (χ3n) is 3.04. The summed E-state index contributed by atoms with van der Waals surface area (Å²) in [6, 6.07) is 15.8. The number of nitrogens with one attached hydrogen (secondary N) is 1. The van der Waals surface area contributed by atoms with Crippen molar-refractivity contribution >= 4 is 11.7 Å². The molecule has 2 aromatic rings. The third-order valence-corrected chi connectivity index (χ3v) is 3.04. The molecule has 0 saturated heterocycles. The molecule has 0 atom stereocenters. The lowest BCUT2D eigenvalue weighted by atomic mass is 10.1. The maximum absolute atomic E-state index is 13.4. The van der Waals surface area contributed by atoms with Crippen LogP contribution in [0.15, 0.2) is 59.8 Å². The Morgan fingerprint density at radius 1 is 1.13 bits per heavy atom. The van der Waals surface area contributed by atoms with Gasteiger partial charge in [-0.3, -0.25) is 4.79 Å². The lowest BCUT2D eigenvalue weighted by Gasteiger charge is -2.06. The molecule has 23 heavy (non-hydrogen) atoms. The van der Waals surface area contributed by atoms with Gasteiger partial charge in [-0.05, 0) is 11.6 Å². The summed E-state index contributed by atoms with van der Waals surface area (Å²) in [6.07, 6.45) is 0.442. The molecule has 0 saturated carbocycles. The van der Waals surface area contributed by atoms with Gasteiger partial charge in [0, 0.05) is 18.5 Å². The van der Waals surface area contributed by atoms with Crippen molar-refractivity contribution in [2.45, 2.75) is 13.0 Å². The van der Waals surface area contributed by atoms with E-state index in [-0.39, 0.29) is 24.8 Å². The second-order valence-corrected chi connectivity index (χ2v) is 4.89. The van der Waals surface area contributed by atoms with E-state index >= 15 is 0 Å². The van der Waals surface area contributed by atoms with Crippen LogP contribution in [-0.4, -0.2) is 18.3 Å². The normalized spacial score (nSPS) is 11.1. The number of amides is 1. The van der Waals surface area contributed by atoms with Crippen LogP contribution < -0.4 is 11.1 Å². The van der Waals surface area contributed by atoms with E-state index in [1.165, 1.54) is 6.07 Å². The van der Waals surface area contributed by atoms with Crippen LogP contribution in [0.2, 0.25) is 0 Å². The first kappa shape index (κ1) is 16.5. The smallest absolute Gasteiger partial charge is 0.261 e. The lowest BCUT2D eigenvalue weighted by molar-refractivity contribution is -0.125. The van der Waals surface area contributed by atoms with Crippen molar-refractivity contribution in [3.63, 3.8) is 0 Å². The molecule has 0 aromatic heterocycles. The van der Waals surface area contributed by atoms with Gasteiger partial charge in [-0.1, -0.05) is 53.7 Å². The molecule has 120 valence electrons. The summed E-state index contributed by atoms with van der Waals surface area (Å²) in [4.78, 5) is 16.5. The number of oxime groups is 1. The summed E-state index contributed by atoms with van der Waals surface area (Å²) in [5, 5.41) is 6.24. The molecular formula is C17H18FN3O2. The van der Waals surface area contributed by atoms with E-state index in [4.69, 9.17) is 10.6 Å². The molecule has 0 aliphatic heterocycles. The minimum atomic E-state index is -0.399. The molecule has 0 spiro atoms. The van der Waals surface area contributed by atoms with Gasteiger partial charge in [-0.25, -0.2) is 4.39 Å². The SMILES string of the molecule is N/C(Cc1ccccc1)=N\OCC(=O)NCc1ccccc1F. The Morgan fingerprint density at radius 2 is 1.83 bits per heavy atom. The molecule has 0 unspecified atom stereocenters. The summed E-state index contributed by atoms with van der Waals surface area (Å²) >= 11 is 0. The molecule has 0 radical (unpaired) electrons. The Hall–Kier alpha value is -2.89. The predicted molar refractivity (Wildman–Crippen MR) is 86.0 cm³/mol. The van der Waals surface area contributed by atoms with Crippen LogP contribution in [0.4, 0.5) is 4.39 Å². The van der Waals surface area contributed by atoms with Crippen molar-refractivity contribution < 1.29 is 14.0 Å². The van der Waals surface area contributed by atoms with Gasteiger partial charge >= 0.3 is 0 Å².